The highest BCUT2D eigenvalue weighted by Crippen LogP contribution is 2.38. The molecule has 0 radical (unpaired) electrons. The van der Waals surface area contributed by atoms with Crippen LogP contribution in [-0.2, 0) is 18.0 Å². The predicted octanol–water partition coefficient (Wildman–Crippen LogP) is 1.89. The fourth-order valence-corrected chi connectivity index (χ4v) is 2.83. The van der Waals surface area contributed by atoms with E-state index >= 15 is 0 Å². The van der Waals surface area contributed by atoms with E-state index in [2.05, 4.69) is 5.32 Å². The molecule has 1 saturated heterocycles. The molecular formula is C13H17NO2. The lowest BCUT2D eigenvalue weighted by Gasteiger charge is -2.25. The van der Waals surface area contributed by atoms with Gasteiger partial charge in [0.25, 0.3) is 0 Å². The maximum Gasteiger partial charge on any atom is 0.119 e. The average Bonchev–Trinajstić information content (AvgIpc) is 2.78. The van der Waals surface area contributed by atoms with Crippen molar-refractivity contribution in [2.75, 3.05) is 13.1 Å². The molecule has 3 heteroatoms. The first-order chi connectivity index (χ1) is 7.86. The summed E-state index contributed by atoms with van der Waals surface area (Å²) in [5.41, 5.74) is 3.65. The Balaban J connectivity index is 2.01. The van der Waals surface area contributed by atoms with Crippen LogP contribution in [0.5, 0.6) is 5.75 Å². The molecule has 3 nitrogen and oxygen atoms in total. The first kappa shape index (κ1) is 10.1. The van der Waals surface area contributed by atoms with Crippen molar-refractivity contribution in [3.8, 4) is 5.75 Å². The molecule has 0 atom stereocenters. The molecule has 2 aliphatic heterocycles. The maximum atomic E-state index is 10.1. The number of nitrogens with one attached hydrogen (secondary N) is 1. The highest BCUT2D eigenvalue weighted by Gasteiger charge is 2.25. The lowest BCUT2D eigenvalue weighted by molar-refractivity contribution is 0.134. The normalized spacial score (nSPS) is 21.0. The summed E-state index contributed by atoms with van der Waals surface area (Å²) in [4.78, 5) is 0. The molecule has 1 aromatic rings. The third kappa shape index (κ3) is 1.60. The number of fused-ring (bicyclic) bond motifs is 1. The number of hydrogen-bond acceptors (Lipinski definition) is 3. The standard InChI is InChI=1S/C13H17NO2/c15-12-2-1-10-7-16-8-11(10)13(12)9-3-5-14-6-4-9/h1-2,9,14-15H,3-8H2. The van der Waals surface area contributed by atoms with Crippen molar-refractivity contribution < 1.29 is 9.84 Å². The van der Waals surface area contributed by atoms with E-state index in [0.29, 0.717) is 24.9 Å². The van der Waals surface area contributed by atoms with Gasteiger partial charge < -0.3 is 15.2 Å². The van der Waals surface area contributed by atoms with Gasteiger partial charge in [-0.15, -0.1) is 0 Å². The number of rotatable bonds is 1. The molecule has 86 valence electrons. The van der Waals surface area contributed by atoms with Gasteiger partial charge in [0, 0.05) is 5.56 Å². The summed E-state index contributed by atoms with van der Waals surface area (Å²) in [7, 11) is 0. The minimum atomic E-state index is 0.455. The Morgan fingerprint density at radius 3 is 2.81 bits per heavy atom. The van der Waals surface area contributed by atoms with E-state index in [1.54, 1.807) is 0 Å². The highest BCUT2D eigenvalue weighted by molar-refractivity contribution is 5.47. The van der Waals surface area contributed by atoms with Crippen molar-refractivity contribution in [1.29, 1.82) is 0 Å². The van der Waals surface area contributed by atoms with Crippen LogP contribution in [0, 0.1) is 0 Å². The largest absolute Gasteiger partial charge is 0.508 e. The Kier molecular flexibility index (Phi) is 2.58. The Morgan fingerprint density at radius 2 is 2.00 bits per heavy atom. The van der Waals surface area contributed by atoms with Gasteiger partial charge in [-0.05, 0) is 49.0 Å². The molecular weight excluding hydrogens is 202 g/mol. The second-order valence-corrected chi connectivity index (χ2v) is 4.65. The van der Waals surface area contributed by atoms with Gasteiger partial charge in [0.15, 0.2) is 0 Å². The number of piperidine rings is 1. The van der Waals surface area contributed by atoms with Gasteiger partial charge >= 0.3 is 0 Å². The lowest BCUT2D eigenvalue weighted by Crippen LogP contribution is -2.27. The van der Waals surface area contributed by atoms with Gasteiger partial charge in [0.05, 0.1) is 13.2 Å². The molecule has 0 unspecified atom stereocenters. The molecule has 0 bridgehead atoms. The van der Waals surface area contributed by atoms with E-state index in [9.17, 15) is 5.11 Å². The Labute approximate surface area is 95.4 Å². The number of hydrogen-bond donors (Lipinski definition) is 2. The summed E-state index contributed by atoms with van der Waals surface area (Å²) in [5, 5.41) is 13.4. The van der Waals surface area contributed by atoms with Crippen LogP contribution in [0.1, 0.15) is 35.4 Å². The first-order valence-electron chi connectivity index (χ1n) is 5.98. The highest BCUT2D eigenvalue weighted by atomic mass is 16.5. The predicted molar refractivity (Wildman–Crippen MR) is 61.4 cm³/mol. The summed E-state index contributed by atoms with van der Waals surface area (Å²) in [6, 6.07) is 3.81. The molecule has 0 amide bonds. The summed E-state index contributed by atoms with van der Waals surface area (Å²) in [6.45, 7) is 3.47. The molecule has 1 fully saturated rings. The minimum absolute atomic E-state index is 0.455. The van der Waals surface area contributed by atoms with Crippen LogP contribution in [-0.4, -0.2) is 18.2 Å². The van der Waals surface area contributed by atoms with Gasteiger partial charge in [-0.25, -0.2) is 0 Å². The van der Waals surface area contributed by atoms with Crippen molar-refractivity contribution in [1.82, 2.24) is 5.32 Å². The topological polar surface area (TPSA) is 41.5 Å². The van der Waals surface area contributed by atoms with Crippen LogP contribution in [0.3, 0.4) is 0 Å². The second kappa shape index (κ2) is 4.07. The monoisotopic (exact) mass is 219 g/mol. The van der Waals surface area contributed by atoms with Crippen LogP contribution in [0.15, 0.2) is 12.1 Å². The summed E-state index contributed by atoms with van der Waals surface area (Å²) in [6.07, 6.45) is 2.23. The SMILES string of the molecule is Oc1ccc2c(c1C1CCNCC1)COC2. The van der Waals surface area contributed by atoms with Gasteiger partial charge in [-0.3, -0.25) is 0 Å². The molecule has 2 heterocycles. The average molecular weight is 219 g/mol. The molecule has 0 aliphatic carbocycles. The van der Waals surface area contributed by atoms with E-state index < -0.39 is 0 Å². The zero-order valence-corrected chi connectivity index (χ0v) is 9.33. The van der Waals surface area contributed by atoms with Crippen LogP contribution in [0.4, 0.5) is 0 Å². The maximum absolute atomic E-state index is 10.1. The minimum Gasteiger partial charge on any atom is -0.508 e. The molecule has 0 spiro atoms. The van der Waals surface area contributed by atoms with Crippen molar-refractivity contribution in [3.63, 3.8) is 0 Å². The first-order valence-corrected chi connectivity index (χ1v) is 5.98. The van der Waals surface area contributed by atoms with E-state index in [-0.39, 0.29) is 0 Å². The molecule has 2 N–H and O–H groups in total. The van der Waals surface area contributed by atoms with Gasteiger partial charge in [0.2, 0.25) is 0 Å². The Hall–Kier alpha value is -1.06. The third-order valence-electron chi connectivity index (χ3n) is 3.68. The molecule has 16 heavy (non-hydrogen) atoms. The van der Waals surface area contributed by atoms with E-state index in [1.165, 1.54) is 11.1 Å². The van der Waals surface area contributed by atoms with Crippen LogP contribution in [0.25, 0.3) is 0 Å². The van der Waals surface area contributed by atoms with Crippen LogP contribution in [0.2, 0.25) is 0 Å². The number of aromatic hydroxyl groups is 1. The molecule has 0 saturated carbocycles. The quantitative estimate of drug-likeness (QED) is 0.758. The van der Waals surface area contributed by atoms with Gasteiger partial charge in [-0.1, -0.05) is 6.07 Å². The van der Waals surface area contributed by atoms with Crippen molar-refractivity contribution in [2.24, 2.45) is 0 Å². The number of ether oxygens (including phenoxy) is 1. The molecule has 3 rings (SSSR count). The smallest absolute Gasteiger partial charge is 0.119 e. The summed E-state index contributed by atoms with van der Waals surface area (Å²) >= 11 is 0. The van der Waals surface area contributed by atoms with E-state index in [4.69, 9.17) is 4.74 Å². The number of benzene rings is 1. The molecule has 2 aliphatic rings. The van der Waals surface area contributed by atoms with Crippen molar-refractivity contribution in [3.05, 3.63) is 28.8 Å². The van der Waals surface area contributed by atoms with Gasteiger partial charge in [-0.2, -0.15) is 0 Å². The molecule has 0 aromatic heterocycles. The van der Waals surface area contributed by atoms with Gasteiger partial charge in [0.1, 0.15) is 5.75 Å². The van der Waals surface area contributed by atoms with E-state index in [1.807, 2.05) is 12.1 Å². The third-order valence-corrected chi connectivity index (χ3v) is 3.68. The fourth-order valence-electron chi connectivity index (χ4n) is 2.83. The van der Waals surface area contributed by atoms with Crippen LogP contribution >= 0.6 is 0 Å². The van der Waals surface area contributed by atoms with E-state index in [0.717, 1.165) is 31.5 Å². The Bertz CT molecular complexity index is 397. The Morgan fingerprint density at radius 1 is 1.19 bits per heavy atom. The zero-order valence-electron chi connectivity index (χ0n) is 9.33. The number of phenols is 1. The molecule has 1 aromatic carbocycles. The number of phenolic OH excluding ortho intramolecular Hbond substituents is 1. The van der Waals surface area contributed by atoms with Crippen molar-refractivity contribution in [2.45, 2.75) is 32.0 Å². The second-order valence-electron chi connectivity index (χ2n) is 4.65. The lowest BCUT2D eigenvalue weighted by atomic mass is 9.85. The van der Waals surface area contributed by atoms with Crippen LogP contribution < -0.4 is 5.32 Å². The summed E-state index contributed by atoms with van der Waals surface area (Å²) in [5.74, 6) is 0.953. The van der Waals surface area contributed by atoms with Crippen molar-refractivity contribution >= 4 is 0 Å². The zero-order chi connectivity index (χ0) is 11.0. The summed E-state index contributed by atoms with van der Waals surface area (Å²) < 4.78 is 5.47. The fraction of sp³-hybridized carbons (Fsp3) is 0.538.